The van der Waals surface area contributed by atoms with Crippen LogP contribution in [0.3, 0.4) is 0 Å². The van der Waals surface area contributed by atoms with Crippen LogP contribution in [-0.4, -0.2) is 22.9 Å². The van der Waals surface area contributed by atoms with E-state index in [9.17, 15) is 9.59 Å². The van der Waals surface area contributed by atoms with Gasteiger partial charge in [0, 0.05) is 11.6 Å². The number of rotatable bonds is 2. The molecule has 0 aliphatic rings. The molecule has 0 aromatic heterocycles. The van der Waals surface area contributed by atoms with Crippen LogP contribution in [0.2, 0.25) is 0 Å². The molecule has 0 radical (unpaired) electrons. The molecule has 0 saturated carbocycles. The first-order chi connectivity index (χ1) is 4.66. The Morgan fingerprint density at radius 3 is 2.60 bits per heavy atom. The minimum absolute atomic E-state index is 0.372. The van der Waals surface area contributed by atoms with Crippen molar-refractivity contribution >= 4 is 34.6 Å². The van der Waals surface area contributed by atoms with E-state index < -0.39 is 11.3 Å². The van der Waals surface area contributed by atoms with Crippen molar-refractivity contribution in [3.8, 4) is 0 Å². The predicted octanol–water partition coefficient (Wildman–Crippen LogP) is 0.747. The first-order valence-electron chi connectivity index (χ1n) is 2.46. The average Bonchev–Trinajstić information content (AvgIpc) is 1.82. The second kappa shape index (κ2) is 5.37. The maximum absolute atomic E-state index is 10.5. The molecule has 0 fully saturated rings. The van der Waals surface area contributed by atoms with Crippen molar-refractivity contribution < 1.29 is 9.59 Å². The van der Waals surface area contributed by atoms with Gasteiger partial charge in [0.15, 0.2) is 0 Å². The van der Waals surface area contributed by atoms with Crippen LogP contribution in [-0.2, 0) is 0 Å². The number of amides is 3. The van der Waals surface area contributed by atoms with Crippen LogP contribution in [0.1, 0.15) is 0 Å². The minimum Gasteiger partial charge on any atom is -0.351 e. The number of nitrogens with two attached hydrogens (primary N) is 1. The Balaban J connectivity index is 3.35. The molecule has 0 aliphatic heterocycles. The average molecular weight is 183 g/mol. The van der Waals surface area contributed by atoms with Gasteiger partial charge in [0.2, 0.25) is 0 Å². The van der Waals surface area contributed by atoms with Crippen LogP contribution >= 0.6 is 23.4 Å². The molecular formula is C4H7ClN2O2S. The highest BCUT2D eigenvalue weighted by Gasteiger charge is 2.02. The van der Waals surface area contributed by atoms with Gasteiger partial charge < -0.3 is 5.73 Å². The fourth-order valence-electron chi connectivity index (χ4n) is 0.268. The summed E-state index contributed by atoms with van der Waals surface area (Å²) >= 11 is 6.19. The first-order valence-corrected chi connectivity index (χ1v) is 3.98. The van der Waals surface area contributed by atoms with E-state index in [1.807, 2.05) is 5.32 Å². The topological polar surface area (TPSA) is 72.2 Å². The smallest absolute Gasteiger partial charge is 0.319 e. The molecular weight excluding hydrogens is 176 g/mol. The summed E-state index contributed by atoms with van der Waals surface area (Å²) in [7, 11) is 0. The van der Waals surface area contributed by atoms with Crippen LogP contribution in [0.5, 0.6) is 0 Å². The largest absolute Gasteiger partial charge is 0.351 e. The third kappa shape index (κ3) is 5.71. The normalized spacial score (nSPS) is 8.90. The quantitative estimate of drug-likeness (QED) is 0.619. The summed E-state index contributed by atoms with van der Waals surface area (Å²) in [4.78, 5) is 20.5. The summed E-state index contributed by atoms with van der Waals surface area (Å²) in [6.07, 6.45) is 0. The van der Waals surface area contributed by atoms with Gasteiger partial charge in [-0.1, -0.05) is 11.8 Å². The third-order valence-electron chi connectivity index (χ3n) is 0.536. The van der Waals surface area contributed by atoms with Crippen LogP contribution in [0, 0.1) is 0 Å². The number of primary amides is 1. The summed E-state index contributed by atoms with van der Waals surface area (Å²) in [5, 5.41) is 1.42. The second-order valence-corrected chi connectivity index (χ2v) is 2.76. The zero-order chi connectivity index (χ0) is 7.98. The summed E-state index contributed by atoms with van der Waals surface area (Å²) < 4.78 is 0. The van der Waals surface area contributed by atoms with E-state index in [2.05, 4.69) is 5.73 Å². The van der Waals surface area contributed by atoms with Crippen molar-refractivity contribution in [3.05, 3.63) is 0 Å². The van der Waals surface area contributed by atoms with Gasteiger partial charge in [0.1, 0.15) is 0 Å². The van der Waals surface area contributed by atoms with Gasteiger partial charge in [-0.15, -0.1) is 11.6 Å². The van der Waals surface area contributed by atoms with Crippen molar-refractivity contribution in [1.82, 2.24) is 5.32 Å². The Morgan fingerprint density at radius 2 is 2.20 bits per heavy atom. The van der Waals surface area contributed by atoms with Gasteiger partial charge in [-0.05, 0) is 0 Å². The Bertz CT molecular complexity index is 141. The van der Waals surface area contributed by atoms with Crippen LogP contribution in [0.15, 0.2) is 0 Å². The van der Waals surface area contributed by atoms with Gasteiger partial charge in [-0.3, -0.25) is 10.1 Å². The van der Waals surface area contributed by atoms with Crippen molar-refractivity contribution in [3.63, 3.8) is 0 Å². The number of urea groups is 1. The molecule has 0 spiro atoms. The van der Waals surface area contributed by atoms with Gasteiger partial charge in [-0.25, -0.2) is 4.79 Å². The molecule has 3 amide bonds. The van der Waals surface area contributed by atoms with Gasteiger partial charge >= 0.3 is 6.03 Å². The molecule has 3 N–H and O–H groups in total. The van der Waals surface area contributed by atoms with Crippen molar-refractivity contribution in [1.29, 1.82) is 0 Å². The number of hydrogen-bond acceptors (Lipinski definition) is 3. The molecule has 0 aromatic carbocycles. The number of alkyl halides is 1. The Kier molecular flexibility index (Phi) is 5.15. The zero-order valence-electron chi connectivity index (χ0n) is 5.09. The van der Waals surface area contributed by atoms with Gasteiger partial charge in [0.05, 0.1) is 0 Å². The number of carbonyl (C=O) groups is 2. The lowest BCUT2D eigenvalue weighted by Crippen LogP contribution is -2.32. The van der Waals surface area contributed by atoms with Crippen molar-refractivity contribution in [2.45, 2.75) is 0 Å². The lowest BCUT2D eigenvalue weighted by Gasteiger charge is -1.96. The highest BCUT2D eigenvalue weighted by atomic mass is 35.5. The molecule has 0 heterocycles. The molecule has 58 valence electrons. The number of hydrogen-bond donors (Lipinski definition) is 2. The third-order valence-corrected chi connectivity index (χ3v) is 1.72. The van der Waals surface area contributed by atoms with Crippen LogP contribution in [0.25, 0.3) is 0 Å². The van der Waals surface area contributed by atoms with E-state index in [1.165, 1.54) is 0 Å². The Hall–Kier alpha value is -0.420. The molecule has 10 heavy (non-hydrogen) atoms. The van der Waals surface area contributed by atoms with Crippen molar-refractivity contribution in [2.75, 3.05) is 11.6 Å². The highest BCUT2D eigenvalue weighted by molar-refractivity contribution is 8.13. The lowest BCUT2D eigenvalue weighted by atomic mass is 11.0. The number of imide groups is 1. The predicted molar refractivity (Wildman–Crippen MR) is 41.3 cm³/mol. The fraction of sp³-hybridized carbons (Fsp3) is 0.500. The van der Waals surface area contributed by atoms with E-state index in [0.29, 0.717) is 11.6 Å². The SMILES string of the molecule is NC(=O)NC(=O)SCCCl. The molecule has 0 saturated heterocycles. The van der Waals surface area contributed by atoms with Gasteiger partial charge in [-0.2, -0.15) is 0 Å². The molecule has 0 bridgehead atoms. The number of carbonyl (C=O) groups excluding carboxylic acids is 2. The second-order valence-electron chi connectivity index (χ2n) is 1.31. The van der Waals surface area contributed by atoms with Gasteiger partial charge in [0.25, 0.3) is 5.24 Å². The molecule has 0 aliphatic carbocycles. The maximum Gasteiger partial charge on any atom is 0.319 e. The summed E-state index contributed by atoms with van der Waals surface area (Å²) in [5.74, 6) is 0.845. The monoisotopic (exact) mass is 182 g/mol. The summed E-state index contributed by atoms with van der Waals surface area (Å²) in [5.41, 5.74) is 4.65. The molecule has 0 unspecified atom stereocenters. The number of nitrogens with one attached hydrogen (secondary N) is 1. The van der Waals surface area contributed by atoms with Crippen LogP contribution in [0.4, 0.5) is 9.59 Å². The molecule has 0 rings (SSSR count). The van der Waals surface area contributed by atoms with Crippen molar-refractivity contribution in [2.24, 2.45) is 5.73 Å². The Morgan fingerprint density at radius 1 is 1.60 bits per heavy atom. The number of halogens is 1. The zero-order valence-corrected chi connectivity index (χ0v) is 6.67. The summed E-state index contributed by atoms with van der Waals surface area (Å²) in [6.45, 7) is 0. The molecule has 6 heteroatoms. The van der Waals surface area contributed by atoms with E-state index in [0.717, 1.165) is 11.8 Å². The molecule has 0 atom stereocenters. The molecule has 0 aromatic rings. The van der Waals surface area contributed by atoms with E-state index in [4.69, 9.17) is 11.6 Å². The van der Waals surface area contributed by atoms with E-state index in [1.54, 1.807) is 0 Å². The van der Waals surface area contributed by atoms with E-state index >= 15 is 0 Å². The highest BCUT2D eigenvalue weighted by Crippen LogP contribution is 2.00. The summed E-state index contributed by atoms with van der Waals surface area (Å²) in [6, 6.07) is -0.841. The first kappa shape index (κ1) is 9.58. The standard InChI is InChI=1S/C4H7ClN2O2S/c5-1-2-10-4(9)7-3(6)8/h1-2H2,(H3,6,7,8,9). The van der Waals surface area contributed by atoms with Crippen LogP contribution < -0.4 is 11.1 Å². The molecule has 4 nitrogen and oxygen atoms in total. The lowest BCUT2D eigenvalue weighted by molar-refractivity contribution is 0.242. The number of thioether (sulfide) groups is 1. The fourth-order valence-corrected chi connectivity index (χ4v) is 0.935. The Labute approximate surface area is 67.5 Å². The van der Waals surface area contributed by atoms with E-state index in [-0.39, 0.29) is 0 Å². The minimum atomic E-state index is -0.841. The maximum atomic E-state index is 10.5.